The third kappa shape index (κ3) is 1.57. The highest BCUT2D eigenvalue weighted by Gasteiger charge is 2.35. The van der Waals surface area contributed by atoms with Crippen LogP contribution in [0.25, 0.3) is 0 Å². The Balaban J connectivity index is 1.61. The highest BCUT2D eigenvalue weighted by atomic mass is 19.1. The number of fused-ring (bicyclic) bond motifs is 2. The number of allylic oxidation sites excluding steroid dienone is 6. The molecule has 0 spiro atoms. The monoisotopic (exact) mass is 252 g/mol. The Bertz CT molecular complexity index is 736. The fourth-order valence-electron chi connectivity index (χ4n) is 2.47. The minimum Gasteiger partial charge on any atom is -0.307 e. The molecule has 0 aliphatic heterocycles. The molecule has 19 heavy (non-hydrogen) atoms. The first-order valence-corrected chi connectivity index (χ1v) is 6.02. The van der Waals surface area contributed by atoms with Crippen molar-refractivity contribution in [1.29, 1.82) is 0 Å². The number of aromatic nitrogens is 1. The van der Waals surface area contributed by atoms with Crippen LogP contribution in [0.3, 0.4) is 0 Å². The van der Waals surface area contributed by atoms with Gasteiger partial charge in [0.15, 0.2) is 0 Å². The molecule has 0 saturated heterocycles. The number of nitrogens with zero attached hydrogens (tertiary/aromatic N) is 1. The minimum absolute atomic E-state index is 0.209. The first kappa shape index (κ1) is 10.4. The van der Waals surface area contributed by atoms with Gasteiger partial charge in [-0.05, 0) is 53.0 Å². The smallest absolute Gasteiger partial charge is 0.257 e. The maximum Gasteiger partial charge on any atom is 0.257 e. The van der Waals surface area contributed by atoms with E-state index in [1.165, 1.54) is 28.9 Å². The summed E-state index contributed by atoms with van der Waals surface area (Å²) in [6, 6.07) is 2.71. The summed E-state index contributed by atoms with van der Waals surface area (Å²) in [5.74, 6) is -0.280. The molecule has 3 nitrogen and oxygen atoms in total. The van der Waals surface area contributed by atoms with E-state index in [1.54, 1.807) is 0 Å². The molecule has 4 heteroatoms. The second-order valence-electron chi connectivity index (χ2n) is 4.72. The zero-order valence-electron chi connectivity index (χ0n) is 9.90. The van der Waals surface area contributed by atoms with Crippen molar-refractivity contribution in [2.75, 3.05) is 5.32 Å². The normalized spacial score (nSPS) is 18.5. The fourth-order valence-corrected chi connectivity index (χ4v) is 2.47. The van der Waals surface area contributed by atoms with Crippen LogP contribution >= 0.6 is 0 Å². The number of nitrogens with one attached hydrogen (secondary N) is 1. The van der Waals surface area contributed by atoms with E-state index < -0.39 is 5.82 Å². The van der Waals surface area contributed by atoms with E-state index in [0.29, 0.717) is 11.4 Å². The number of hydrogen-bond donors (Lipinski definition) is 1. The lowest BCUT2D eigenvalue weighted by molar-refractivity contribution is -0.112. The maximum absolute atomic E-state index is 12.7. The number of hydrogen-bond acceptors (Lipinski definition) is 2. The van der Waals surface area contributed by atoms with Crippen molar-refractivity contribution in [3.05, 3.63) is 70.2 Å². The maximum atomic E-state index is 12.7. The average molecular weight is 252 g/mol. The molecule has 0 unspecified atom stereocenters. The van der Waals surface area contributed by atoms with E-state index >= 15 is 0 Å². The highest BCUT2D eigenvalue weighted by Crippen LogP contribution is 2.51. The SMILES string of the molecule is O=C(Nc1ccc(F)cn1)C1=C2C=C3CC3=C2C=C1. The number of pyridine rings is 1. The van der Waals surface area contributed by atoms with Crippen molar-refractivity contribution in [3.63, 3.8) is 0 Å². The van der Waals surface area contributed by atoms with E-state index in [2.05, 4.69) is 16.4 Å². The van der Waals surface area contributed by atoms with Crippen molar-refractivity contribution in [2.24, 2.45) is 0 Å². The molecule has 3 aliphatic rings. The van der Waals surface area contributed by atoms with Crippen LogP contribution in [-0.2, 0) is 4.79 Å². The molecule has 1 saturated carbocycles. The Morgan fingerprint density at radius 2 is 2.16 bits per heavy atom. The highest BCUT2D eigenvalue weighted by molar-refractivity contribution is 6.08. The number of amides is 1. The molecule has 0 radical (unpaired) electrons. The summed E-state index contributed by atoms with van der Waals surface area (Å²) in [6.45, 7) is 0. The molecule has 3 aliphatic carbocycles. The molecular formula is C15H9FN2O. The topological polar surface area (TPSA) is 42.0 Å². The number of carbonyl (C=O) groups excluding carboxylic acids is 1. The van der Waals surface area contributed by atoms with Gasteiger partial charge in [-0.25, -0.2) is 9.37 Å². The Labute approximate surface area is 108 Å². The van der Waals surface area contributed by atoms with Gasteiger partial charge in [-0.3, -0.25) is 4.79 Å². The van der Waals surface area contributed by atoms with Crippen molar-refractivity contribution in [2.45, 2.75) is 6.42 Å². The van der Waals surface area contributed by atoms with Gasteiger partial charge < -0.3 is 5.32 Å². The van der Waals surface area contributed by atoms with Crippen molar-refractivity contribution < 1.29 is 9.18 Å². The number of halogens is 1. The third-order valence-corrected chi connectivity index (χ3v) is 3.48. The van der Waals surface area contributed by atoms with Gasteiger partial charge in [-0.15, -0.1) is 0 Å². The predicted octanol–water partition coefficient (Wildman–Crippen LogP) is 2.67. The summed E-state index contributed by atoms with van der Waals surface area (Å²) in [7, 11) is 0. The lowest BCUT2D eigenvalue weighted by atomic mass is 10.1. The molecule has 1 aromatic rings. The summed E-state index contributed by atoms with van der Waals surface area (Å²) in [5, 5.41) is 2.68. The van der Waals surface area contributed by atoms with Gasteiger partial charge in [0, 0.05) is 5.57 Å². The number of carbonyl (C=O) groups is 1. The second-order valence-corrected chi connectivity index (χ2v) is 4.72. The quantitative estimate of drug-likeness (QED) is 0.879. The van der Waals surface area contributed by atoms with Crippen molar-refractivity contribution in [1.82, 2.24) is 4.98 Å². The standard InChI is InChI=1S/C15H9FN2O/c16-9-1-4-14(17-7-9)18-15(19)11-3-2-10-12-5-8(12)6-13(10)11/h1-4,6-7H,5H2,(H,17,18,19). The molecule has 1 N–H and O–H groups in total. The molecule has 1 amide bonds. The van der Waals surface area contributed by atoms with Crippen LogP contribution in [0, 0.1) is 5.82 Å². The first-order valence-electron chi connectivity index (χ1n) is 6.02. The van der Waals surface area contributed by atoms with Gasteiger partial charge in [0.05, 0.1) is 6.20 Å². The Hall–Kier alpha value is -2.49. The molecule has 92 valence electrons. The van der Waals surface area contributed by atoms with E-state index in [9.17, 15) is 9.18 Å². The van der Waals surface area contributed by atoms with Crippen LogP contribution in [0.1, 0.15) is 6.42 Å². The largest absolute Gasteiger partial charge is 0.307 e. The van der Waals surface area contributed by atoms with Gasteiger partial charge in [0.2, 0.25) is 0 Å². The van der Waals surface area contributed by atoms with Crippen LogP contribution < -0.4 is 5.32 Å². The first-order chi connectivity index (χ1) is 9.22. The lowest BCUT2D eigenvalue weighted by Crippen LogP contribution is -2.14. The summed E-state index contributed by atoms with van der Waals surface area (Å²) in [5.41, 5.74) is 5.50. The lowest BCUT2D eigenvalue weighted by Gasteiger charge is -2.05. The summed E-state index contributed by atoms with van der Waals surface area (Å²) >= 11 is 0. The second kappa shape index (κ2) is 3.51. The molecular weight excluding hydrogens is 243 g/mol. The van der Waals surface area contributed by atoms with Crippen LogP contribution in [0.4, 0.5) is 10.2 Å². The van der Waals surface area contributed by atoms with Crippen molar-refractivity contribution >= 4 is 11.7 Å². The average Bonchev–Trinajstić information content (AvgIpc) is 2.89. The van der Waals surface area contributed by atoms with Crippen LogP contribution in [0.5, 0.6) is 0 Å². The predicted molar refractivity (Wildman–Crippen MR) is 68.7 cm³/mol. The van der Waals surface area contributed by atoms with Crippen LogP contribution in [0.2, 0.25) is 0 Å². The molecule has 4 rings (SSSR count). The Kier molecular flexibility index (Phi) is 1.93. The van der Waals surface area contributed by atoms with Gasteiger partial charge in [0.25, 0.3) is 5.91 Å². The molecule has 0 aromatic carbocycles. The Morgan fingerprint density at radius 1 is 1.26 bits per heavy atom. The van der Waals surface area contributed by atoms with Crippen LogP contribution in [-0.4, -0.2) is 10.9 Å². The molecule has 1 aromatic heterocycles. The third-order valence-electron chi connectivity index (χ3n) is 3.48. The molecule has 0 atom stereocenters. The minimum atomic E-state index is -0.423. The molecule has 1 fully saturated rings. The summed E-state index contributed by atoms with van der Waals surface area (Å²) in [6.07, 6.45) is 8.00. The fraction of sp³-hybridized carbons (Fsp3) is 0.0667. The van der Waals surface area contributed by atoms with Gasteiger partial charge in [-0.2, -0.15) is 0 Å². The molecule has 0 bridgehead atoms. The van der Waals surface area contributed by atoms with Crippen LogP contribution in [0.15, 0.2) is 64.4 Å². The van der Waals surface area contributed by atoms with Crippen molar-refractivity contribution in [3.8, 4) is 0 Å². The number of anilines is 1. The van der Waals surface area contributed by atoms with E-state index in [0.717, 1.165) is 18.2 Å². The number of rotatable bonds is 2. The zero-order valence-corrected chi connectivity index (χ0v) is 9.90. The van der Waals surface area contributed by atoms with Gasteiger partial charge in [0.1, 0.15) is 11.6 Å². The van der Waals surface area contributed by atoms with E-state index in [-0.39, 0.29) is 5.91 Å². The van der Waals surface area contributed by atoms with Gasteiger partial charge in [-0.1, -0.05) is 6.08 Å². The van der Waals surface area contributed by atoms with Gasteiger partial charge >= 0.3 is 0 Å². The summed E-state index contributed by atoms with van der Waals surface area (Å²) in [4.78, 5) is 16.0. The van der Waals surface area contributed by atoms with E-state index in [4.69, 9.17) is 0 Å². The summed E-state index contributed by atoms with van der Waals surface area (Å²) < 4.78 is 12.7. The zero-order chi connectivity index (χ0) is 13.0. The molecule has 1 heterocycles. The Morgan fingerprint density at radius 3 is 2.95 bits per heavy atom. The van der Waals surface area contributed by atoms with E-state index in [1.807, 2.05) is 12.2 Å².